The Morgan fingerprint density at radius 1 is 1.50 bits per heavy atom. The Balaban J connectivity index is 0.00000176. The Kier molecular flexibility index (Phi) is 4.77. The van der Waals surface area contributed by atoms with E-state index in [1.54, 1.807) is 7.05 Å². The minimum atomic E-state index is -1.26. The van der Waals surface area contributed by atoms with Crippen LogP contribution in [0.3, 0.4) is 0 Å². The average Bonchev–Trinajstić information content (AvgIpc) is 2.89. The summed E-state index contributed by atoms with van der Waals surface area (Å²) in [6, 6.07) is 0. The predicted octanol–water partition coefficient (Wildman–Crippen LogP) is -3.64. The van der Waals surface area contributed by atoms with E-state index < -0.39 is 36.7 Å². The SMILES string of the molecule is Cn1c[n+]([C@@H]2O[C@H](CO)[C@@H](O)[C@H]2O)c2nc(N)[nH]c(=O)c21.[Sn+4]. The first kappa shape index (κ1) is 17.1. The van der Waals surface area contributed by atoms with E-state index in [2.05, 4.69) is 9.97 Å². The first-order valence-electron chi connectivity index (χ1n) is 6.32. The van der Waals surface area contributed by atoms with Crippen molar-refractivity contribution in [2.24, 2.45) is 7.05 Å². The number of aliphatic hydroxyl groups excluding tert-OH is 3. The molecular weight excluding hydrogens is 401 g/mol. The van der Waals surface area contributed by atoms with E-state index >= 15 is 0 Å². The molecule has 22 heavy (non-hydrogen) atoms. The molecule has 0 bridgehead atoms. The molecule has 0 spiro atoms. The van der Waals surface area contributed by atoms with Gasteiger partial charge in [-0.25, -0.2) is 4.57 Å². The van der Waals surface area contributed by atoms with Gasteiger partial charge in [0.25, 0.3) is 11.5 Å². The molecule has 2 aromatic heterocycles. The zero-order valence-corrected chi connectivity index (χ0v) is 14.5. The molecule has 2 aromatic rings. The summed E-state index contributed by atoms with van der Waals surface area (Å²) in [5, 5.41) is 29.0. The summed E-state index contributed by atoms with van der Waals surface area (Å²) in [6.45, 7) is -0.434. The van der Waals surface area contributed by atoms with Crippen molar-refractivity contribution in [1.29, 1.82) is 0 Å². The molecule has 1 aliphatic rings. The van der Waals surface area contributed by atoms with Crippen molar-refractivity contribution in [1.82, 2.24) is 14.5 Å². The summed E-state index contributed by atoms with van der Waals surface area (Å²) in [6.07, 6.45) is -2.88. The van der Waals surface area contributed by atoms with Crippen LogP contribution < -0.4 is 15.9 Å². The first-order valence-corrected chi connectivity index (χ1v) is 6.32. The molecule has 114 valence electrons. The molecule has 0 unspecified atom stereocenters. The molecule has 1 saturated heterocycles. The van der Waals surface area contributed by atoms with Gasteiger partial charge in [0.15, 0.2) is 6.33 Å². The van der Waals surface area contributed by atoms with Crippen LogP contribution in [0.1, 0.15) is 6.23 Å². The zero-order chi connectivity index (χ0) is 15.3. The van der Waals surface area contributed by atoms with E-state index in [1.165, 1.54) is 15.5 Å². The number of nitrogens with zero attached hydrogens (tertiary/aromatic N) is 3. The molecule has 0 aliphatic carbocycles. The second-order valence-corrected chi connectivity index (χ2v) is 4.99. The molecular formula is C11H16N5O5Sn+5. The van der Waals surface area contributed by atoms with Crippen LogP contribution in [-0.2, 0) is 11.8 Å². The van der Waals surface area contributed by atoms with Crippen LogP contribution in [0.4, 0.5) is 5.95 Å². The monoisotopic (exact) mass is 418 g/mol. The van der Waals surface area contributed by atoms with Gasteiger partial charge in [0, 0.05) is 0 Å². The average molecular weight is 417 g/mol. The minimum Gasteiger partial charge on any atom is -0.394 e. The molecule has 0 amide bonds. The first-order chi connectivity index (χ1) is 9.93. The standard InChI is InChI=1S/C11H15N5O5.Sn/c1-15-3-16(8-5(15)9(20)14-11(12)13-8)10-7(19)6(18)4(2-17)21-10;/h3-4,6-7,10,17-19H,2H2,1H3,(H2-,12,13,14,20);/q;+4/p+1/t4-,6-,7-,10-;/m1./s1. The van der Waals surface area contributed by atoms with Crippen molar-refractivity contribution in [3.05, 3.63) is 16.7 Å². The van der Waals surface area contributed by atoms with Gasteiger partial charge >= 0.3 is 29.6 Å². The molecule has 0 aromatic carbocycles. The zero-order valence-electron chi connectivity index (χ0n) is 11.7. The third-order valence-corrected chi connectivity index (χ3v) is 3.58. The summed E-state index contributed by atoms with van der Waals surface area (Å²) in [4.78, 5) is 18.3. The number of ether oxygens (including phenoxy) is 1. The van der Waals surface area contributed by atoms with Gasteiger partial charge < -0.3 is 25.8 Å². The summed E-state index contributed by atoms with van der Waals surface area (Å²) in [7, 11) is 1.63. The van der Waals surface area contributed by atoms with Crippen LogP contribution >= 0.6 is 0 Å². The fraction of sp³-hybridized carbons (Fsp3) is 0.545. The second-order valence-electron chi connectivity index (χ2n) is 4.99. The van der Waals surface area contributed by atoms with Crippen molar-refractivity contribution < 1.29 is 24.6 Å². The van der Waals surface area contributed by atoms with Crippen LogP contribution in [-0.4, -0.2) is 78.7 Å². The van der Waals surface area contributed by atoms with Gasteiger partial charge in [0.2, 0.25) is 11.7 Å². The molecule has 0 saturated carbocycles. The number of aryl methyl sites for hydroxylation is 1. The van der Waals surface area contributed by atoms with Crippen LogP contribution in [0, 0.1) is 0 Å². The van der Waals surface area contributed by atoms with E-state index in [1.807, 2.05) is 0 Å². The number of aromatic amines is 1. The molecule has 1 fully saturated rings. The molecule has 1 aliphatic heterocycles. The minimum absolute atomic E-state index is 0. The topological polar surface area (TPSA) is 150 Å². The fourth-order valence-corrected chi connectivity index (χ4v) is 2.57. The van der Waals surface area contributed by atoms with E-state index in [9.17, 15) is 15.0 Å². The number of hydrogen-bond acceptors (Lipinski definition) is 7. The van der Waals surface area contributed by atoms with Gasteiger partial charge in [-0.15, -0.1) is 0 Å². The summed E-state index contributed by atoms with van der Waals surface area (Å²) in [5.41, 5.74) is 5.58. The van der Waals surface area contributed by atoms with Crippen molar-refractivity contribution in [2.75, 3.05) is 12.3 Å². The number of rotatable bonds is 2. The van der Waals surface area contributed by atoms with Crippen molar-refractivity contribution in [3.8, 4) is 0 Å². The normalized spacial score (nSPS) is 28.0. The molecule has 6 N–H and O–H groups in total. The number of anilines is 1. The van der Waals surface area contributed by atoms with E-state index in [4.69, 9.17) is 15.6 Å². The Morgan fingerprint density at radius 2 is 2.18 bits per heavy atom. The van der Waals surface area contributed by atoms with Crippen LogP contribution in [0.25, 0.3) is 11.2 Å². The van der Waals surface area contributed by atoms with Gasteiger partial charge in [0.1, 0.15) is 18.3 Å². The van der Waals surface area contributed by atoms with Gasteiger partial charge in [-0.3, -0.25) is 14.3 Å². The summed E-state index contributed by atoms with van der Waals surface area (Å²) < 4.78 is 8.35. The quantitative estimate of drug-likeness (QED) is 0.250. The maximum atomic E-state index is 11.9. The molecule has 3 heterocycles. The van der Waals surface area contributed by atoms with Crippen molar-refractivity contribution in [2.45, 2.75) is 24.5 Å². The molecule has 4 atom stereocenters. The number of imidazole rings is 1. The van der Waals surface area contributed by atoms with Crippen LogP contribution in [0.5, 0.6) is 0 Å². The number of fused-ring (bicyclic) bond motifs is 1. The number of nitrogens with two attached hydrogens (primary N) is 1. The molecule has 3 rings (SSSR count). The van der Waals surface area contributed by atoms with Gasteiger partial charge in [-0.05, 0) is 0 Å². The Labute approximate surface area is 141 Å². The molecule has 10 nitrogen and oxygen atoms in total. The number of hydrogen-bond donors (Lipinski definition) is 5. The summed E-state index contributed by atoms with van der Waals surface area (Å²) in [5.74, 6) is -0.0702. The van der Waals surface area contributed by atoms with Crippen LogP contribution in [0.2, 0.25) is 0 Å². The number of aliphatic hydroxyl groups is 3. The smallest absolute Gasteiger partial charge is 0.394 e. The Bertz CT molecular complexity index is 746. The van der Waals surface area contributed by atoms with E-state index in [0.29, 0.717) is 0 Å². The molecule has 0 radical (unpaired) electrons. The van der Waals surface area contributed by atoms with Gasteiger partial charge in [-0.1, -0.05) is 4.98 Å². The van der Waals surface area contributed by atoms with Crippen molar-refractivity contribution in [3.63, 3.8) is 0 Å². The summed E-state index contributed by atoms with van der Waals surface area (Å²) >= 11 is 0. The maximum Gasteiger partial charge on any atom is 4.00 e. The van der Waals surface area contributed by atoms with E-state index in [-0.39, 0.29) is 41.0 Å². The number of nitrogen functional groups attached to an aromatic ring is 1. The Morgan fingerprint density at radius 3 is 2.77 bits per heavy atom. The Hall–Kier alpha value is -1.21. The number of H-pyrrole nitrogens is 1. The van der Waals surface area contributed by atoms with Crippen LogP contribution in [0.15, 0.2) is 11.1 Å². The largest absolute Gasteiger partial charge is 4.00 e. The van der Waals surface area contributed by atoms with E-state index in [0.717, 1.165) is 0 Å². The predicted molar refractivity (Wildman–Crippen MR) is 74.7 cm³/mol. The maximum absolute atomic E-state index is 11.9. The fourth-order valence-electron chi connectivity index (χ4n) is 2.57. The number of aromatic nitrogens is 4. The van der Waals surface area contributed by atoms with Gasteiger partial charge in [-0.2, -0.15) is 0 Å². The third kappa shape index (κ3) is 2.50. The molecule has 11 heteroatoms. The number of nitrogens with one attached hydrogen (secondary N) is 1. The third-order valence-electron chi connectivity index (χ3n) is 3.58. The second kappa shape index (κ2) is 6.12. The van der Waals surface area contributed by atoms with Crippen molar-refractivity contribution >= 4 is 41.0 Å². The van der Waals surface area contributed by atoms with Gasteiger partial charge in [0.05, 0.1) is 13.7 Å².